The minimum absolute atomic E-state index is 0.0520. The molecule has 1 unspecified atom stereocenters. The van der Waals surface area contributed by atoms with Gasteiger partial charge >= 0.3 is 0 Å². The average molecular weight is 657 g/mol. The van der Waals surface area contributed by atoms with Crippen LogP contribution in [0.5, 0.6) is 17.2 Å². The maximum atomic E-state index is 15.3. The average Bonchev–Trinajstić information content (AvgIpc) is 3.67. The molecule has 0 saturated heterocycles. The molecule has 3 aromatic carbocycles. The number of carbonyl (C=O) groups excluding carboxylic acids is 1. The number of fused-ring (bicyclic) bond motifs is 2. The summed E-state index contributed by atoms with van der Waals surface area (Å²) < 4.78 is 83.7. The van der Waals surface area contributed by atoms with Gasteiger partial charge in [0.1, 0.15) is 28.5 Å². The van der Waals surface area contributed by atoms with Crippen molar-refractivity contribution in [1.82, 2.24) is 19.7 Å². The third-order valence-corrected chi connectivity index (χ3v) is 9.05. The monoisotopic (exact) mass is 656 g/mol. The lowest BCUT2D eigenvalue weighted by atomic mass is 9.76. The Morgan fingerprint density at radius 3 is 2.63 bits per heavy atom. The number of aldehydes is 1. The standard InChI is InChI=1S/C31H27F3N4O5S.CH4O/c1-31(12-15-42-26-17(7-5-14-39)6-4-8-21(26)31)30-36-29(38(2)37-30)20-16-18(9-10-22(20)32)43-27-24(34)23(33)25-19(11-13-35-25)28(27)44(3,40)41;1-2/h4,6,8-11,13-14,16,35H,5,7,12,15H2,1-3H3;2H,1H3. The molecule has 0 bridgehead atoms. The normalized spacial score (nSPS) is 15.9. The fraction of sp³-hybridized carbons (Fsp3) is 0.281. The molecule has 0 spiro atoms. The van der Waals surface area contributed by atoms with Gasteiger partial charge in [0.2, 0.25) is 5.82 Å². The Balaban J connectivity index is 0.00000204. The lowest BCUT2D eigenvalue weighted by Crippen LogP contribution is -2.33. The molecule has 6 rings (SSSR count). The molecule has 10 nitrogen and oxygen atoms in total. The van der Waals surface area contributed by atoms with Gasteiger partial charge in [-0.1, -0.05) is 18.2 Å². The number of carbonyl (C=O) groups is 1. The van der Waals surface area contributed by atoms with Gasteiger partial charge in [-0.3, -0.25) is 0 Å². The number of sulfone groups is 1. The number of H-pyrrole nitrogens is 1. The van der Waals surface area contributed by atoms with Crippen LogP contribution in [0.1, 0.15) is 36.7 Å². The summed E-state index contributed by atoms with van der Waals surface area (Å²) in [7, 11) is -1.50. The van der Waals surface area contributed by atoms with E-state index in [-0.39, 0.29) is 28.0 Å². The van der Waals surface area contributed by atoms with E-state index in [0.29, 0.717) is 37.4 Å². The number of aromatic nitrogens is 4. The fourth-order valence-corrected chi connectivity index (χ4v) is 6.70. The Kier molecular flexibility index (Phi) is 8.96. The van der Waals surface area contributed by atoms with Crippen molar-refractivity contribution in [2.45, 2.75) is 36.5 Å². The molecule has 5 aromatic rings. The summed E-state index contributed by atoms with van der Waals surface area (Å²) in [5.41, 5.74) is 0.655. The number of halogens is 3. The zero-order valence-electron chi connectivity index (χ0n) is 25.4. The Bertz CT molecular complexity index is 2060. The molecule has 0 saturated carbocycles. The van der Waals surface area contributed by atoms with Crippen LogP contribution in [-0.4, -0.2) is 59.5 Å². The first-order valence-electron chi connectivity index (χ1n) is 14.1. The van der Waals surface area contributed by atoms with Gasteiger partial charge in [-0.25, -0.2) is 26.9 Å². The number of benzene rings is 3. The number of rotatable bonds is 8. The first kappa shape index (κ1) is 32.7. The van der Waals surface area contributed by atoms with Crippen molar-refractivity contribution in [3.63, 3.8) is 0 Å². The van der Waals surface area contributed by atoms with E-state index in [1.54, 1.807) is 7.05 Å². The van der Waals surface area contributed by atoms with E-state index in [0.717, 1.165) is 36.8 Å². The lowest BCUT2D eigenvalue weighted by Gasteiger charge is -2.34. The number of hydrogen-bond acceptors (Lipinski definition) is 8. The molecule has 2 N–H and O–H groups in total. The van der Waals surface area contributed by atoms with E-state index >= 15 is 8.78 Å². The molecule has 1 aliphatic rings. The van der Waals surface area contributed by atoms with Gasteiger partial charge in [0, 0.05) is 44.0 Å². The first-order chi connectivity index (χ1) is 21.9. The van der Waals surface area contributed by atoms with E-state index in [4.69, 9.17) is 19.6 Å². The maximum Gasteiger partial charge on any atom is 0.204 e. The second-order valence-electron chi connectivity index (χ2n) is 10.9. The third-order valence-electron chi connectivity index (χ3n) is 7.91. The van der Waals surface area contributed by atoms with Crippen molar-refractivity contribution in [3.8, 4) is 28.6 Å². The van der Waals surface area contributed by atoms with E-state index < -0.39 is 43.3 Å². The number of aryl methyl sites for hydroxylation is 2. The summed E-state index contributed by atoms with van der Waals surface area (Å²) in [5.74, 6) is -3.29. The van der Waals surface area contributed by atoms with Gasteiger partial charge in [0.05, 0.1) is 23.1 Å². The number of aromatic amines is 1. The number of aliphatic hydroxyl groups excluding tert-OH is 1. The number of aliphatic hydroxyl groups is 1. The van der Waals surface area contributed by atoms with Crippen LogP contribution in [0.4, 0.5) is 13.2 Å². The third kappa shape index (κ3) is 5.62. The molecule has 0 radical (unpaired) electrons. The van der Waals surface area contributed by atoms with Crippen LogP contribution < -0.4 is 9.47 Å². The van der Waals surface area contributed by atoms with Crippen molar-refractivity contribution >= 4 is 27.0 Å². The van der Waals surface area contributed by atoms with Crippen molar-refractivity contribution in [3.05, 3.63) is 83.1 Å². The van der Waals surface area contributed by atoms with Crippen LogP contribution in [0.2, 0.25) is 0 Å². The Hall–Kier alpha value is -4.69. The van der Waals surface area contributed by atoms with Crippen molar-refractivity contribution in [1.29, 1.82) is 0 Å². The topological polar surface area (TPSA) is 136 Å². The van der Waals surface area contributed by atoms with Crippen LogP contribution in [0.15, 0.2) is 53.6 Å². The number of hydrogen-bond donors (Lipinski definition) is 2. The molecule has 2 aromatic heterocycles. The van der Waals surface area contributed by atoms with Gasteiger partial charge < -0.3 is 24.4 Å². The van der Waals surface area contributed by atoms with E-state index in [1.807, 2.05) is 25.1 Å². The predicted octanol–water partition coefficient (Wildman–Crippen LogP) is 5.41. The van der Waals surface area contributed by atoms with Gasteiger partial charge in [0.25, 0.3) is 0 Å². The van der Waals surface area contributed by atoms with Gasteiger partial charge in [-0.15, -0.1) is 0 Å². The molecule has 1 aliphatic heterocycles. The van der Waals surface area contributed by atoms with Crippen LogP contribution in [-0.2, 0) is 33.5 Å². The number of nitrogens with zero attached hydrogens (tertiary/aromatic N) is 3. The van der Waals surface area contributed by atoms with Crippen LogP contribution in [0.3, 0.4) is 0 Å². The van der Waals surface area contributed by atoms with E-state index in [1.165, 1.54) is 29.1 Å². The molecule has 3 heterocycles. The largest absolute Gasteiger partial charge is 0.493 e. The number of nitrogens with one attached hydrogen (secondary N) is 1. The molecule has 46 heavy (non-hydrogen) atoms. The Morgan fingerprint density at radius 1 is 1.15 bits per heavy atom. The molecule has 0 aliphatic carbocycles. The number of ether oxygens (including phenoxy) is 2. The van der Waals surface area contributed by atoms with Gasteiger partial charge in [-0.05, 0) is 49.6 Å². The highest BCUT2D eigenvalue weighted by Gasteiger charge is 2.40. The summed E-state index contributed by atoms with van der Waals surface area (Å²) in [4.78, 5) is 17.7. The van der Waals surface area contributed by atoms with Crippen LogP contribution in [0.25, 0.3) is 22.3 Å². The quantitative estimate of drug-likeness (QED) is 0.167. The molecular formula is C32H31F3N4O6S. The summed E-state index contributed by atoms with van der Waals surface area (Å²) in [6.07, 6.45) is 4.40. The van der Waals surface area contributed by atoms with Crippen molar-refractivity contribution in [2.75, 3.05) is 20.0 Å². The summed E-state index contributed by atoms with van der Waals surface area (Å²) in [6.45, 7) is 2.34. The highest BCUT2D eigenvalue weighted by molar-refractivity contribution is 7.91. The summed E-state index contributed by atoms with van der Waals surface area (Å²) in [5, 5.41) is 11.5. The Labute approximate surface area is 262 Å². The highest BCUT2D eigenvalue weighted by Crippen LogP contribution is 2.45. The van der Waals surface area contributed by atoms with Gasteiger partial charge in [-0.2, -0.15) is 9.49 Å². The van der Waals surface area contributed by atoms with Gasteiger partial charge in [0.15, 0.2) is 33.1 Å². The van der Waals surface area contributed by atoms with Crippen LogP contribution >= 0.6 is 0 Å². The smallest absolute Gasteiger partial charge is 0.204 e. The minimum atomic E-state index is -4.10. The second kappa shape index (κ2) is 12.6. The number of para-hydroxylation sites is 1. The molecular weight excluding hydrogens is 625 g/mol. The maximum absolute atomic E-state index is 15.3. The van der Waals surface area contributed by atoms with E-state index in [9.17, 15) is 17.6 Å². The summed E-state index contributed by atoms with van der Waals surface area (Å²) in [6, 6.07) is 10.5. The zero-order valence-corrected chi connectivity index (χ0v) is 26.2. The Morgan fingerprint density at radius 2 is 1.91 bits per heavy atom. The van der Waals surface area contributed by atoms with E-state index in [2.05, 4.69) is 10.1 Å². The SMILES string of the molecule is CO.Cn1nc(C2(C)CCOc3c(CCC=O)cccc32)nc1-c1cc(Oc2c(F)c(F)c3[nH]ccc3c2S(C)(=O)=O)ccc1F. The predicted molar refractivity (Wildman–Crippen MR) is 163 cm³/mol. The summed E-state index contributed by atoms with van der Waals surface area (Å²) >= 11 is 0. The van der Waals surface area contributed by atoms with Crippen molar-refractivity contribution in [2.24, 2.45) is 7.05 Å². The molecule has 0 fully saturated rings. The zero-order chi connectivity index (χ0) is 33.4. The van der Waals surface area contributed by atoms with Crippen molar-refractivity contribution < 1.29 is 41.0 Å². The molecule has 242 valence electrons. The molecule has 0 amide bonds. The minimum Gasteiger partial charge on any atom is -0.493 e. The fourth-order valence-electron chi connectivity index (χ4n) is 5.67. The molecule has 1 atom stereocenters. The van der Waals surface area contributed by atoms with Crippen LogP contribution in [0, 0.1) is 17.5 Å². The highest BCUT2D eigenvalue weighted by atomic mass is 32.2. The first-order valence-corrected chi connectivity index (χ1v) is 16.0. The second-order valence-corrected chi connectivity index (χ2v) is 12.8. The molecule has 14 heteroatoms. The lowest BCUT2D eigenvalue weighted by molar-refractivity contribution is -0.107.